The fraction of sp³-hybridized carbons (Fsp3) is 0.364. The van der Waals surface area contributed by atoms with E-state index in [1.54, 1.807) is 4.90 Å². The molecule has 3 aromatic carbocycles. The molecular weight excluding hydrogens is 612 g/mol. The van der Waals surface area contributed by atoms with Crippen LogP contribution in [-0.4, -0.2) is 76.4 Å². The topological polar surface area (TPSA) is 73.0 Å². The van der Waals surface area contributed by atoms with Crippen LogP contribution in [0.25, 0.3) is 0 Å². The van der Waals surface area contributed by atoms with Gasteiger partial charge in [0.2, 0.25) is 18.2 Å². The number of nitrogens with zero attached hydrogens (tertiary/aromatic N) is 3. The Balaban J connectivity index is 1.47. The Morgan fingerprint density at radius 2 is 1.69 bits per heavy atom. The van der Waals surface area contributed by atoms with Gasteiger partial charge in [-0.05, 0) is 60.9 Å². The van der Waals surface area contributed by atoms with Gasteiger partial charge in [0, 0.05) is 60.2 Å². The molecule has 3 heterocycles. The molecule has 6 rings (SSSR count). The number of nitrogens with one attached hydrogen (secondary N) is 1. The van der Waals surface area contributed by atoms with Crippen LogP contribution in [-0.2, 0) is 20.9 Å². The molecule has 3 amide bonds. The second kappa shape index (κ2) is 11.8. The second-order valence-electron chi connectivity index (χ2n) is 11.6. The summed E-state index contributed by atoms with van der Waals surface area (Å²) in [5.41, 5.74) is 5.55. The summed E-state index contributed by atoms with van der Waals surface area (Å²) in [5.74, 6) is -0.0977. The van der Waals surface area contributed by atoms with Crippen molar-refractivity contribution in [1.82, 2.24) is 14.7 Å². The first-order chi connectivity index (χ1) is 20.3. The Bertz CT molecular complexity index is 1490. The van der Waals surface area contributed by atoms with E-state index in [1.165, 1.54) is 17.3 Å². The van der Waals surface area contributed by atoms with Crippen molar-refractivity contribution in [2.45, 2.75) is 48.4 Å². The standard InChI is InChI=1S/C33H35BrN4O3S/c1-22-3-10-26(11-4-22)42-33(32(41)37-15-13-36(21-39)14-16-37)18-30(40)38(20-24-6-8-25(34)9-7-24)31(33)28-19-35-29-17-23(2)5-12-27(28)29/h3-12,17,21,28,31,35H,13-16,18-20H2,1-2H3/t28?,31-,33?/m0/s1. The zero-order chi connectivity index (χ0) is 29.4. The van der Waals surface area contributed by atoms with Gasteiger partial charge in [-0.2, -0.15) is 0 Å². The molecule has 3 aliphatic heterocycles. The number of thioether (sulfide) groups is 1. The van der Waals surface area contributed by atoms with Gasteiger partial charge in [-0.15, -0.1) is 11.8 Å². The highest BCUT2D eigenvalue weighted by Crippen LogP contribution is 2.53. The predicted molar refractivity (Wildman–Crippen MR) is 169 cm³/mol. The first-order valence-electron chi connectivity index (χ1n) is 14.4. The number of aryl methyl sites for hydroxylation is 2. The molecule has 0 spiro atoms. The van der Waals surface area contributed by atoms with E-state index >= 15 is 0 Å². The molecule has 3 aliphatic rings. The van der Waals surface area contributed by atoms with Gasteiger partial charge in [0.05, 0.1) is 12.5 Å². The number of hydrogen-bond donors (Lipinski definition) is 1. The maximum absolute atomic E-state index is 14.9. The van der Waals surface area contributed by atoms with E-state index in [1.807, 2.05) is 41.0 Å². The van der Waals surface area contributed by atoms with Crippen LogP contribution in [0.5, 0.6) is 0 Å². The zero-order valence-electron chi connectivity index (χ0n) is 23.9. The number of hydrogen-bond acceptors (Lipinski definition) is 5. The maximum Gasteiger partial charge on any atom is 0.241 e. The summed E-state index contributed by atoms with van der Waals surface area (Å²) < 4.78 is -0.0575. The number of likely N-dealkylation sites (tertiary alicyclic amines) is 1. The summed E-state index contributed by atoms with van der Waals surface area (Å²) in [6.45, 7) is 7.11. The molecule has 0 aromatic heterocycles. The molecule has 0 radical (unpaired) electrons. The van der Waals surface area contributed by atoms with Crippen LogP contribution in [0.15, 0.2) is 76.1 Å². The Morgan fingerprint density at radius 3 is 2.38 bits per heavy atom. The molecule has 3 aromatic rings. The minimum atomic E-state index is -1.04. The highest BCUT2D eigenvalue weighted by atomic mass is 79.9. The van der Waals surface area contributed by atoms with E-state index in [9.17, 15) is 14.4 Å². The number of fused-ring (bicyclic) bond motifs is 1. The molecule has 0 saturated carbocycles. The molecule has 2 fully saturated rings. The molecule has 0 bridgehead atoms. The van der Waals surface area contributed by atoms with Crippen molar-refractivity contribution in [1.29, 1.82) is 0 Å². The smallest absolute Gasteiger partial charge is 0.241 e. The number of halogens is 1. The summed E-state index contributed by atoms with van der Waals surface area (Å²) in [5, 5.41) is 3.59. The number of carbonyl (C=O) groups excluding carboxylic acids is 3. The van der Waals surface area contributed by atoms with E-state index in [-0.39, 0.29) is 30.2 Å². The summed E-state index contributed by atoms with van der Waals surface area (Å²) in [6, 6.07) is 22.3. The molecule has 7 nitrogen and oxygen atoms in total. The molecule has 218 valence electrons. The minimum absolute atomic E-state index is 0.0111. The number of amides is 3. The Kier molecular flexibility index (Phi) is 8.07. The van der Waals surface area contributed by atoms with Gasteiger partial charge in [-0.1, -0.05) is 57.9 Å². The highest BCUT2D eigenvalue weighted by molar-refractivity contribution is 9.10. The van der Waals surface area contributed by atoms with Gasteiger partial charge in [-0.25, -0.2) is 0 Å². The Labute approximate surface area is 259 Å². The molecule has 9 heteroatoms. The lowest BCUT2D eigenvalue weighted by molar-refractivity contribution is -0.138. The van der Waals surface area contributed by atoms with E-state index in [4.69, 9.17) is 0 Å². The van der Waals surface area contributed by atoms with Crippen LogP contribution in [0.3, 0.4) is 0 Å². The van der Waals surface area contributed by atoms with Gasteiger partial charge in [0.15, 0.2) is 0 Å². The second-order valence-corrected chi connectivity index (χ2v) is 13.9. The first kappa shape index (κ1) is 28.8. The summed E-state index contributed by atoms with van der Waals surface area (Å²) in [4.78, 5) is 47.0. The van der Waals surface area contributed by atoms with Crippen molar-refractivity contribution < 1.29 is 14.4 Å². The lowest BCUT2D eigenvalue weighted by Gasteiger charge is -2.44. The third kappa shape index (κ3) is 5.44. The monoisotopic (exact) mass is 646 g/mol. The molecule has 42 heavy (non-hydrogen) atoms. The fourth-order valence-electron chi connectivity index (χ4n) is 6.57. The van der Waals surface area contributed by atoms with Gasteiger partial charge in [-0.3, -0.25) is 14.4 Å². The van der Waals surface area contributed by atoms with Crippen LogP contribution < -0.4 is 5.32 Å². The maximum atomic E-state index is 14.9. The number of anilines is 1. The minimum Gasteiger partial charge on any atom is -0.384 e. The highest BCUT2D eigenvalue weighted by Gasteiger charge is 2.61. The van der Waals surface area contributed by atoms with Crippen molar-refractivity contribution >= 4 is 51.6 Å². The fourth-order valence-corrected chi connectivity index (χ4v) is 8.35. The molecule has 2 saturated heterocycles. The molecular formula is C33H35BrN4O3S. The summed E-state index contributed by atoms with van der Waals surface area (Å²) in [6.07, 6.45) is 0.973. The van der Waals surface area contributed by atoms with Crippen molar-refractivity contribution in [2.24, 2.45) is 0 Å². The summed E-state index contributed by atoms with van der Waals surface area (Å²) in [7, 11) is 0. The van der Waals surface area contributed by atoms with E-state index in [2.05, 4.69) is 70.6 Å². The number of piperazine rings is 1. The molecule has 0 aliphatic carbocycles. The van der Waals surface area contributed by atoms with Crippen molar-refractivity contribution in [3.05, 3.63) is 93.5 Å². The molecule has 3 atom stereocenters. The molecule has 2 unspecified atom stereocenters. The Morgan fingerprint density at radius 1 is 1.00 bits per heavy atom. The predicted octanol–water partition coefficient (Wildman–Crippen LogP) is 5.21. The van der Waals surface area contributed by atoms with Gasteiger partial charge in [0.25, 0.3) is 0 Å². The first-order valence-corrected chi connectivity index (χ1v) is 16.0. The van der Waals surface area contributed by atoms with Crippen molar-refractivity contribution in [2.75, 3.05) is 38.0 Å². The van der Waals surface area contributed by atoms with Crippen LogP contribution in [0, 0.1) is 13.8 Å². The van der Waals surface area contributed by atoms with Crippen LogP contribution in [0.2, 0.25) is 0 Å². The largest absolute Gasteiger partial charge is 0.384 e. The zero-order valence-corrected chi connectivity index (χ0v) is 26.3. The Hall–Kier alpha value is -3.30. The van der Waals surface area contributed by atoms with E-state index in [0.717, 1.165) is 38.2 Å². The lowest BCUT2D eigenvalue weighted by atomic mass is 9.83. The van der Waals surface area contributed by atoms with E-state index < -0.39 is 4.75 Å². The number of carbonyl (C=O) groups is 3. The van der Waals surface area contributed by atoms with Gasteiger partial charge >= 0.3 is 0 Å². The van der Waals surface area contributed by atoms with Gasteiger partial charge in [0.1, 0.15) is 4.75 Å². The average molecular weight is 648 g/mol. The van der Waals surface area contributed by atoms with E-state index in [0.29, 0.717) is 39.3 Å². The third-order valence-electron chi connectivity index (χ3n) is 8.75. The quantitative estimate of drug-likeness (QED) is 0.357. The van der Waals surface area contributed by atoms with Gasteiger partial charge < -0.3 is 20.0 Å². The average Bonchev–Trinajstić information content (AvgIpc) is 3.52. The van der Waals surface area contributed by atoms with Crippen molar-refractivity contribution in [3.63, 3.8) is 0 Å². The third-order valence-corrected chi connectivity index (χ3v) is 10.7. The van der Waals surface area contributed by atoms with Crippen LogP contribution in [0.4, 0.5) is 5.69 Å². The van der Waals surface area contributed by atoms with Crippen molar-refractivity contribution in [3.8, 4) is 0 Å². The summed E-state index contributed by atoms with van der Waals surface area (Å²) >= 11 is 5.06. The van der Waals surface area contributed by atoms with Crippen LogP contribution in [0.1, 0.15) is 34.6 Å². The molecule has 1 N–H and O–H groups in total. The normalized spacial score (nSPS) is 23.6. The number of benzene rings is 3. The van der Waals surface area contributed by atoms with Crippen LogP contribution >= 0.6 is 27.7 Å². The SMILES string of the molecule is Cc1ccc(SC2(C(=O)N3CCN(C=O)CC3)CC(=O)N(Cc3ccc(Br)cc3)[C@H]2C2CNc3cc(C)ccc32)cc1. The lowest BCUT2D eigenvalue weighted by Crippen LogP contribution is -2.59. The number of rotatable bonds is 7.